The number of benzene rings is 2. The van der Waals surface area contributed by atoms with Crippen molar-refractivity contribution in [3.8, 4) is 17.2 Å². The van der Waals surface area contributed by atoms with Crippen molar-refractivity contribution in [2.45, 2.75) is 18.9 Å². The van der Waals surface area contributed by atoms with E-state index in [0.717, 1.165) is 12.8 Å². The number of rotatable bonds is 10. The molecule has 4 rings (SSSR count). The lowest BCUT2D eigenvalue weighted by Gasteiger charge is -2.36. The number of halogens is 1. The van der Waals surface area contributed by atoms with Crippen molar-refractivity contribution in [2.75, 3.05) is 56.9 Å². The third kappa shape index (κ3) is 6.96. The number of piperidine rings is 1. The molecule has 2 heterocycles. The molecule has 2 aromatic carbocycles. The summed E-state index contributed by atoms with van der Waals surface area (Å²) in [5.41, 5.74) is 6.21. The maximum atomic E-state index is 12.1. The number of hydrogen-bond acceptors (Lipinski definition) is 12. The van der Waals surface area contributed by atoms with Crippen molar-refractivity contribution in [1.29, 1.82) is 0 Å². The van der Waals surface area contributed by atoms with Gasteiger partial charge in [0.2, 0.25) is 5.95 Å². The molecule has 1 aromatic heterocycles. The van der Waals surface area contributed by atoms with Gasteiger partial charge >= 0.3 is 6.09 Å². The molecule has 1 aliphatic heterocycles. The third-order valence-corrected chi connectivity index (χ3v) is 6.94. The van der Waals surface area contributed by atoms with Crippen LogP contribution in [0.15, 0.2) is 36.5 Å². The Balaban J connectivity index is 1.62. The first-order valence-corrected chi connectivity index (χ1v) is 13.0. The van der Waals surface area contributed by atoms with Crippen molar-refractivity contribution in [3.05, 3.63) is 51.7 Å². The van der Waals surface area contributed by atoms with Gasteiger partial charge in [-0.1, -0.05) is 11.6 Å². The maximum absolute atomic E-state index is 12.1. The van der Waals surface area contributed by atoms with Crippen LogP contribution in [0.5, 0.6) is 17.2 Å². The number of carbonyl (C=O) groups excluding carboxylic acids is 1. The largest absolute Gasteiger partial charge is 0.495 e. The number of aromatic nitrogens is 2. The molecule has 14 nitrogen and oxygen atoms in total. The van der Waals surface area contributed by atoms with Crippen LogP contribution in [0, 0.1) is 10.1 Å². The summed E-state index contributed by atoms with van der Waals surface area (Å²) in [6, 6.07) is 8.06. The Morgan fingerprint density at radius 3 is 2.41 bits per heavy atom. The zero-order valence-corrected chi connectivity index (χ0v) is 23.8. The van der Waals surface area contributed by atoms with Crippen LogP contribution >= 0.6 is 11.6 Å². The number of primary amides is 1. The zero-order valence-electron chi connectivity index (χ0n) is 23.0. The molecule has 0 atom stereocenters. The SMILES string of the molecule is COc1cc(N2CCC(N(C)C)CC2)c([N+](=O)[O-])cc1Nc1ncc(Cl)c(Nc2cc(OC(N)=O)ccc2OC)n1. The van der Waals surface area contributed by atoms with Gasteiger partial charge in [-0.25, -0.2) is 9.78 Å². The summed E-state index contributed by atoms with van der Waals surface area (Å²) < 4.78 is 15.9. The molecule has 0 bridgehead atoms. The summed E-state index contributed by atoms with van der Waals surface area (Å²) in [5, 5.41) is 18.3. The highest BCUT2D eigenvalue weighted by Gasteiger charge is 2.28. The van der Waals surface area contributed by atoms with E-state index in [2.05, 4.69) is 25.5 Å². The Hall–Kier alpha value is -4.56. The van der Waals surface area contributed by atoms with E-state index in [1.54, 1.807) is 12.1 Å². The Morgan fingerprint density at radius 2 is 1.80 bits per heavy atom. The molecular weight excluding hydrogens is 556 g/mol. The molecule has 1 amide bonds. The minimum atomic E-state index is -0.972. The van der Waals surface area contributed by atoms with Crippen molar-refractivity contribution in [3.63, 3.8) is 0 Å². The number of ether oxygens (including phenoxy) is 3. The van der Waals surface area contributed by atoms with E-state index in [-0.39, 0.29) is 28.2 Å². The summed E-state index contributed by atoms with van der Waals surface area (Å²) in [6.07, 6.45) is 2.17. The van der Waals surface area contributed by atoms with Crippen LogP contribution in [0.3, 0.4) is 0 Å². The molecule has 218 valence electrons. The summed E-state index contributed by atoms with van der Waals surface area (Å²) in [6.45, 7) is 1.37. The average Bonchev–Trinajstić information content (AvgIpc) is 2.94. The van der Waals surface area contributed by atoms with Crippen molar-refractivity contribution >= 4 is 52.2 Å². The second kappa shape index (κ2) is 12.7. The van der Waals surface area contributed by atoms with Gasteiger partial charge in [0.15, 0.2) is 5.82 Å². The predicted octanol–water partition coefficient (Wildman–Crippen LogP) is 4.53. The number of nitro groups is 1. The lowest BCUT2D eigenvalue weighted by Crippen LogP contribution is -2.42. The molecule has 15 heteroatoms. The first-order chi connectivity index (χ1) is 19.6. The summed E-state index contributed by atoms with van der Waals surface area (Å²) in [5.74, 6) is 1.24. The van der Waals surface area contributed by atoms with E-state index in [1.165, 1.54) is 38.6 Å². The van der Waals surface area contributed by atoms with Gasteiger partial charge in [0.1, 0.15) is 28.0 Å². The van der Waals surface area contributed by atoms with E-state index in [9.17, 15) is 14.9 Å². The number of nitrogens with one attached hydrogen (secondary N) is 2. The smallest absolute Gasteiger partial charge is 0.409 e. The van der Waals surface area contributed by atoms with Gasteiger partial charge in [-0.15, -0.1) is 0 Å². The number of hydrogen-bond donors (Lipinski definition) is 3. The van der Waals surface area contributed by atoms with Crippen LogP contribution in [-0.4, -0.2) is 73.3 Å². The van der Waals surface area contributed by atoms with E-state index in [4.69, 9.17) is 31.5 Å². The predicted molar refractivity (Wildman–Crippen MR) is 155 cm³/mol. The van der Waals surface area contributed by atoms with E-state index >= 15 is 0 Å². The van der Waals surface area contributed by atoms with Gasteiger partial charge in [-0.3, -0.25) is 10.1 Å². The quantitative estimate of drug-likeness (QED) is 0.224. The van der Waals surface area contributed by atoms with Gasteiger partial charge in [-0.05, 0) is 39.1 Å². The zero-order chi connectivity index (χ0) is 29.7. The Morgan fingerprint density at radius 1 is 1.12 bits per heavy atom. The van der Waals surface area contributed by atoms with Crippen LogP contribution in [0.1, 0.15) is 12.8 Å². The highest BCUT2D eigenvalue weighted by molar-refractivity contribution is 6.33. The molecule has 1 saturated heterocycles. The fourth-order valence-corrected chi connectivity index (χ4v) is 4.71. The topological polar surface area (TPSA) is 170 Å². The van der Waals surface area contributed by atoms with Crippen molar-refractivity contribution in [2.24, 2.45) is 5.73 Å². The summed E-state index contributed by atoms with van der Waals surface area (Å²) in [7, 11) is 7.03. The number of carbonyl (C=O) groups is 1. The van der Waals surface area contributed by atoms with Gasteiger partial charge in [0, 0.05) is 37.3 Å². The van der Waals surface area contributed by atoms with E-state index in [0.29, 0.717) is 47.7 Å². The Bertz CT molecular complexity index is 1430. The molecule has 1 fully saturated rings. The fraction of sp³-hybridized carbons (Fsp3) is 0.346. The molecule has 3 aromatic rings. The summed E-state index contributed by atoms with van der Waals surface area (Å²) >= 11 is 6.35. The standard InChI is InChI=1S/C26H31ClN8O6/c1-33(2)15-7-9-34(10-8-15)20-13-23(40-4)19(12-21(20)35(37)38)31-26-29-14-17(27)24(32-26)30-18-11-16(41-25(28)36)5-6-22(18)39-3/h5-6,11-15H,7-10H2,1-4H3,(H2,28,36)(H2,29,30,31,32). The van der Waals surface area contributed by atoms with Gasteiger partial charge in [0.05, 0.1) is 36.7 Å². The lowest BCUT2D eigenvalue weighted by molar-refractivity contribution is -0.384. The molecule has 1 aliphatic rings. The monoisotopic (exact) mass is 586 g/mol. The van der Waals surface area contributed by atoms with Crippen LogP contribution in [0.2, 0.25) is 5.02 Å². The number of methoxy groups -OCH3 is 2. The van der Waals surface area contributed by atoms with Crippen LogP contribution in [-0.2, 0) is 0 Å². The van der Waals surface area contributed by atoms with Crippen LogP contribution in [0.4, 0.5) is 39.3 Å². The van der Waals surface area contributed by atoms with Crippen molar-refractivity contribution in [1.82, 2.24) is 14.9 Å². The summed E-state index contributed by atoms with van der Waals surface area (Å²) in [4.78, 5) is 35.7. The highest BCUT2D eigenvalue weighted by Crippen LogP contribution is 2.41. The van der Waals surface area contributed by atoms with Crippen LogP contribution in [0.25, 0.3) is 0 Å². The molecule has 0 aliphatic carbocycles. The molecule has 41 heavy (non-hydrogen) atoms. The lowest BCUT2D eigenvalue weighted by atomic mass is 10.0. The van der Waals surface area contributed by atoms with Crippen LogP contribution < -0.4 is 35.5 Å². The number of amides is 1. The minimum absolute atomic E-state index is 0.0695. The van der Waals surface area contributed by atoms with Gasteiger partial charge < -0.3 is 40.4 Å². The second-order valence-electron chi connectivity index (χ2n) is 9.40. The first kappa shape index (κ1) is 29.4. The molecule has 0 saturated carbocycles. The first-order valence-electron chi connectivity index (χ1n) is 12.6. The average molecular weight is 587 g/mol. The van der Waals surface area contributed by atoms with E-state index in [1.807, 2.05) is 19.0 Å². The maximum Gasteiger partial charge on any atom is 0.409 e. The van der Waals surface area contributed by atoms with Gasteiger partial charge in [-0.2, -0.15) is 4.98 Å². The Kier molecular flexibility index (Phi) is 9.14. The second-order valence-corrected chi connectivity index (χ2v) is 9.81. The van der Waals surface area contributed by atoms with Gasteiger partial charge in [0.25, 0.3) is 5.69 Å². The van der Waals surface area contributed by atoms with E-state index < -0.39 is 11.0 Å². The number of anilines is 5. The fourth-order valence-electron chi connectivity index (χ4n) is 4.57. The molecule has 0 radical (unpaired) electrons. The number of nitro benzene ring substituents is 1. The molecule has 0 unspecified atom stereocenters. The molecule has 4 N–H and O–H groups in total. The minimum Gasteiger partial charge on any atom is -0.495 e. The molecular formula is C26H31ClN8O6. The Labute approximate surface area is 241 Å². The molecule has 0 spiro atoms. The third-order valence-electron chi connectivity index (χ3n) is 6.66. The highest BCUT2D eigenvalue weighted by atomic mass is 35.5. The van der Waals surface area contributed by atoms with Crippen molar-refractivity contribution < 1.29 is 23.9 Å². The normalized spacial score (nSPS) is 13.6. The number of nitrogens with zero attached hydrogens (tertiary/aromatic N) is 5. The number of nitrogens with two attached hydrogens (primary N) is 1.